The van der Waals surface area contributed by atoms with Crippen LogP contribution in [0.4, 0.5) is 0 Å². The molecule has 0 aliphatic carbocycles. The van der Waals surface area contributed by atoms with E-state index in [2.05, 4.69) is 5.32 Å². The first-order valence-electron chi connectivity index (χ1n) is 8.81. The van der Waals surface area contributed by atoms with E-state index in [4.69, 9.17) is 12.2 Å². The predicted octanol–water partition coefficient (Wildman–Crippen LogP) is 2.14. The van der Waals surface area contributed by atoms with E-state index in [1.165, 1.54) is 16.7 Å². The fourth-order valence-electron chi connectivity index (χ4n) is 2.94. The summed E-state index contributed by atoms with van der Waals surface area (Å²) in [5, 5.41) is 2.72. The fourth-order valence-corrected chi connectivity index (χ4v) is 5.87. The van der Waals surface area contributed by atoms with E-state index in [-0.39, 0.29) is 42.3 Å². The van der Waals surface area contributed by atoms with Gasteiger partial charge in [-0.05, 0) is 18.1 Å². The number of thiocarbonyl (C=S) groups is 1. The molecule has 148 valence electrons. The lowest BCUT2D eigenvalue weighted by Gasteiger charge is -2.15. The molecular formula is C19H20N2O4S3. The Morgan fingerprint density at radius 3 is 2.75 bits per heavy atom. The molecule has 1 atom stereocenters. The molecule has 1 aromatic carbocycles. The van der Waals surface area contributed by atoms with E-state index < -0.39 is 9.84 Å². The monoisotopic (exact) mass is 436 g/mol. The van der Waals surface area contributed by atoms with Crippen molar-refractivity contribution in [1.29, 1.82) is 0 Å². The van der Waals surface area contributed by atoms with Gasteiger partial charge in [-0.3, -0.25) is 14.5 Å². The number of carbonyl (C=O) groups excluding carboxylic acids is 2. The summed E-state index contributed by atoms with van der Waals surface area (Å²) < 4.78 is 23.3. The molecule has 0 saturated carbocycles. The highest BCUT2D eigenvalue weighted by Gasteiger charge is 2.32. The molecule has 6 nitrogen and oxygen atoms in total. The van der Waals surface area contributed by atoms with Crippen LogP contribution in [0.5, 0.6) is 0 Å². The summed E-state index contributed by atoms with van der Waals surface area (Å²) in [5.41, 5.74) is 1.03. The van der Waals surface area contributed by atoms with Crippen LogP contribution in [0.3, 0.4) is 0 Å². The Morgan fingerprint density at radius 2 is 2.07 bits per heavy atom. The predicted molar refractivity (Wildman–Crippen MR) is 115 cm³/mol. The number of nitrogens with zero attached hydrogens (tertiary/aromatic N) is 1. The summed E-state index contributed by atoms with van der Waals surface area (Å²) in [4.78, 5) is 26.5. The lowest BCUT2D eigenvalue weighted by Crippen LogP contribution is -2.38. The Balaban J connectivity index is 1.51. The molecule has 0 aromatic heterocycles. The quantitative estimate of drug-likeness (QED) is 0.543. The third-order valence-electron chi connectivity index (χ3n) is 4.37. The Kier molecular flexibility index (Phi) is 6.69. The zero-order chi connectivity index (χ0) is 20.1. The largest absolute Gasteiger partial charge is 0.352 e. The third kappa shape index (κ3) is 5.52. The van der Waals surface area contributed by atoms with E-state index in [1.54, 1.807) is 12.2 Å². The van der Waals surface area contributed by atoms with Crippen molar-refractivity contribution in [2.75, 3.05) is 18.1 Å². The lowest BCUT2D eigenvalue weighted by molar-refractivity contribution is -0.124. The smallest absolute Gasteiger partial charge is 0.266 e. The van der Waals surface area contributed by atoms with E-state index in [9.17, 15) is 18.0 Å². The number of amides is 2. The summed E-state index contributed by atoms with van der Waals surface area (Å²) in [5.74, 6) is -0.405. The number of sulfone groups is 1. The minimum absolute atomic E-state index is 0.0176. The molecule has 1 aromatic rings. The highest BCUT2D eigenvalue weighted by Crippen LogP contribution is 2.31. The zero-order valence-corrected chi connectivity index (χ0v) is 17.5. The van der Waals surface area contributed by atoms with Gasteiger partial charge in [-0.2, -0.15) is 0 Å². The average Bonchev–Trinajstić information content (AvgIpc) is 3.12. The molecular weight excluding hydrogens is 416 g/mol. The molecule has 3 rings (SSSR count). The first-order chi connectivity index (χ1) is 13.3. The Hall–Kier alpha value is -1.97. The minimum Gasteiger partial charge on any atom is -0.352 e. The van der Waals surface area contributed by atoms with Crippen LogP contribution in [0.2, 0.25) is 0 Å². The highest BCUT2D eigenvalue weighted by atomic mass is 32.2. The molecule has 1 N–H and O–H groups in total. The zero-order valence-electron chi connectivity index (χ0n) is 15.0. The van der Waals surface area contributed by atoms with E-state index in [1.807, 2.05) is 36.4 Å². The van der Waals surface area contributed by atoms with E-state index in [0.29, 0.717) is 15.6 Å². The van der Waals surface area contributed by atoms with Gasteiger partial charge in [0.25, 0.3) is 5.91 Å². The van der Waals surface area contributed by atoms with Gasteiger partial charge in [-0.15, -0.1) is 0 Å². The van der Waals surface area contributed by atoms with Crippen molar-refractivity contribution in [2.24, 2.45) is 0 Å². The maximum atomic E-state index is 12.5. The molecule has 2 aliphatic rings. The van der Waals surface area contributed by atoms with Gasteiger partial charge in [0.2, 0.25) is 5.91 Å². The van der Waals surface area contributed by atoms with E-state index in [0.717, 1.165) is 5.56 Å². The van der Waals surface area contributed by atoms with Crippen LogP contribution < -0.4 is 5.32 Å². The van der Waals surface area contributed by atoms with Crippen molar-refractivity contribution in [3.05, 3.63) is 53.0 Å². The fraction of sp³-hybridized carbons (Fsp3) is 0.316. The van der Waals surface area contributed by atoms with E-state index >= 15 is 0 Å². The van der Waals surface area contributed by atoms with Crippen LogP contribution in [0, 0.1) is 0 Å². The van der Waals surface area contributed by atoms with Crippen LogP contribution >= 0.6 is 24.0 Å². The Morgan fingerprint density at radius 1 is 1.32 bits per heavy atom. The van der Waals surface area contributed by atoms with Gasteiger partial charge in [0.05, 0.1) is 16.4 Å². The van der Waals surface area contributed by atoms with Gasteiger partial charge in [-0.1, -0.05) is 66.5 Å². The molecule has 0 spiro atoms. The van der Waals surface area contributed by atoms with Crippen molar-refractivity contribution in [3.8, 4) is 0 Å². The van der Waals surface area contributed by atoms with Crippen LogP contribution in [-0.2, 0) is 19.4 Å². The number of allylic oxidation sites excluding steroid dienone is 2. The molecule has 2 fully saturated rings. The molecule has 0 unspecified atom stereocenters. The van der Waals surface area contributed by atoms with Crippen LogP contribution in [0.25, 0.3) is 6.08 Å². The maximum absolute atomic E-state index is 12.5. The summed E-state index contributed by atoms with van der Waals surface area (Å²) in [6.45, 7) is 0.176. The first kappa shape index (κ1) is 20.8. The normalized spacial score (nSPS) is 23.1. The number of thioether (sulfide) groups is 1. The first-order valence-corrected chi connectivity index (χ1v) is 11.9. The second-order valence-electron chi connectivity index (χ2n) is 6.54. The van der Waals surface area contributed by atoms with Crippen molar-refractivity contribution in [2.45, 2.75) is 18.9 Å². The molecule has 2 amide bonds. The lowest BCUT2D eigenvalue weighted by atomic mass is 10.2. The summed E-state index contributed by atoms with van der Waals surface area (Å²) in [7, 11) is -3.04. The van der Waals surface area contributed by atoms with Gasteiger partial charge in [-0.25, -0.2) is 8.42 Å². The van der Waals surface area contributed by atoms with Crippen molar-refractivity contribution in [3.63, 3.8) is 0 Å². The summed E-state index contributed by atoms with van der Waals surface area (Å²) in [6.07, 6.45) is 5.93. The molecule has 2 saturated heterocycles. The molecule has 9 heteroatoms. The number of rotatable bonds is 6. The molecule has 0 radical (unpaired) electrons. The topological polar surface area (TPSA) is 83.6 Å². The van der Waals surface area contributed by atoms with Gasteiger partial charge in [0.15, 0.2) is 9.84 Å². The SMILES string of the molecule is O=C(CCN1C(=O)/C(=C\C=C\c2ccccc2)SC1=S)N[C@@H]1CCS(=O)(=O)C1. The van der Waals surface area contributed by atoms with Crippen molar-refractivity contribution < 1.29 is 18.0 Å². The van der Waals surface area contributed by atoms with Gasteiger partial charge >= 0.3 is 0 Å². The van der Waals surface area contributed by atoms with Crippen LogP contribution in [0.1, 0.15) is 18.4 Å². The molecule has 2 heterocycles. The molecule has 28 heavy (non-hydrogen) atoms. The average molecular weight is 437 g/mol. The number of hydrogen-bond acceptors (Lipinski definition) is 6. The number of hydrogen-bond donors (Lipinski definition) is 1. The van der Waals surface area contributed by atoms with Crippen LogP contribution in [0.15, 0.2) is 47.4 Å². The van der Waals surface area contributed by atoms with Crippen molar-refractivity contribution >= 4 is 56.0 Å². The molecule has 2 aliphatic heterocycles. The Bertz CT molecular complexity index is 939. The second-order valence-corrected chi connectivity index (χ2v) is 10.4. The third-order valence-corrected chi connectivity index (χ3v) is 7.53. The Labute approximate surface area is 174 Å². The second kappa shape index (κ2) is 9.02. The van der Waals surface area contributed by atoms with Gasteiger partial charge in [0, 0.05) is 19.0 Å². The number of carbonyl (C=O) groups is 2. The summed E-state index contributed by atoms with van der Waals surface area (Å²) in [6, 6.07) is 9.39. The number of nitrogens with one attached hydrogen (secondary N) is 1. The van der Waals surface area contributed by atoms with Crippen molar-refractivity contribution in [1.82, 2.24) is 10.2 Å². The highest BCUT2D eigenvalue weighted by molar-refractivity contribution is 8.26. The van der Waals surface area contributed by atoms with Gasteiger partial charge in [0.1, 0.15) is 4.32 Å². The number of benzene rings is 1. The van der Waals surface area contributed by atoms with Gasteiger partial charge < -0.3 is 5.32 Å². The molecule has 0 bridgehead atoms. The standard InChI is InChI=1S/C19H20N2O4S3/c22-17(20-15-10-12-28(24,25)13-15)9-11-21-18(23)16(27-19(21)26)8-4-7-14-5-2-1-3-6-14/h1-8,15H,9-13H2,(H,20,22)/b7-4+,16-8+/t15-/m1/s1. The maximum Gasteiger partial charge on any atom is 0.266 e. The summed E-state index contributed by atoms with van der Waals surface area (Å²) >= 11 is 6.46. The van der Waals surface area contributed by atoms with Crippen LogP contribution in [-0.4, -0.2) is 53.5 Å². The minimum atomic E-state index is -3.04.